The van der Waals surface area contributed by atoms with Crippen LogP contribution in [0.3, 0.4) is 0 Å². The number of hydrogen-bond donors (Lipinski definition) is 2. The van der Waals surface area contributed by atoms with Crippen LogP contribution in [-0.2, 0) is 0 Å². The molecule has 2 aromatic carbocycles. The number of pyridine rings is 1. The standard InChI is InChI=1S/C21H19N3O3/c1-13-3-5-16(9-14(13)2)23-20-8-4-15(11-22-20)21(25)24-17-6-7-18-19(10-17)27-12-26-18/h3-11H,12H2,1-2H3,(H,22,23)(H,24,25). The first-order valence-corrected chi connectivity index (χ1v) is 8.60. The zero-order valence-electron chi connectivity index (χ0n) is 15.1. The summed E-state index contributed by atoms with van der Waals surface area (Å²) >= 11 is 0. The highest BCUT2D eigenvalue weighted by atomic mass is 16.7. The number of carbonyl (C=O) groups excluding carboxylic acids is 1. The molecule has 0 bridgehead atoms. The fourth-order valence-electron chi connectivity index (χ4n) is 2.75. The zero-order chi connectivity index (χ0) is 18.8. The summed E-state index contributed by atoms with van der Waals surface area (Å²) in [6, 6.07) is 14.9. The van der Waals surface area contributed by atoms with Gasteiger partial charge < -0.3 is 20.1 Å². The van der Waals surface area contributed by atoms with Gasteiger partial charge in [-0.1, -0.05) is 6.07 Å². The van der Waals surface area contributed by atoms with Gasteiger partial charge in [0.05, 0.1) is 5.56 Å². The number of aromatic nitrogens is 1. The number of nitrogens with one attached hydrogen (secondary N) is 2. The third-order valence-corrected chi connectivity index (χ3v) is 4.44. The molecule has 27 heavy (non-hydrogen) atoms. The van der Waals surface area contributed by atoms with Gasteiger partial charge in [-0.25, -0.2) is 4.98 Å². The highest BCUT2D eigenvalue weighted by Gasteiger charge is 2.14. The van der Waals surface area contributed by atoms with Crippen LogP contribution < -0.4 is 20.1 Å². The topological polar surface area (TPSA) is 72.5 Å². The molecule has 0 radical (unpaired) electrons. The van der Waals surface area contributed by atoms with Crippen LogP contribution in [0.1, 0.15) is 21.5 Å². The van der Waals surface area contributed by atoms with Crippen molar-refractivity contribution in [3.63, 3.8) is 0 Å². The van der Waals surface area contributed by atoms with E-state index in [-0.39, 0.29) is 12.7 Å². The molecule has 2 heterocycles. The van der Waals surface area contributed by atoms with Crippen LogP contribution in [0.5, 0.6) is 11.5 Å². The molecule has 0 unspecified atom stereocenters. The Kier molecular flexibility index (Phi) is 4.38. The minimum atomic E-state index is -0.237. The lowest BCUT2D eigenvalue weighted by molar-refractivity contribution is 0.102. The third-order valence-electron chi connectivity index (χ3n) is 4.44. The van der Waals surface area contributed by atoms with Gasteiger partial charge in [0.15, 0.2) is 11.5 Å². The summed E-state index contributed by atoms with van der Waals surface area (Å²) < 4.78 is 10.6. The first kappa shape index (κ1) is 16.9. The van der Waals surface area contributed by atoms with Gasteiger partial charge in [0.1, 0.15) is 5.82 Å². The van der Waals surface area contributed by atoms with Crippen LogP contribution in [-0.4, -0.2) is 17.7 Å². The number of carbonyl (C=O) groups is 1. The normalized spacial score (nSPS) is 11.9. The molecular weight excluding hydrogens is 342 g/mol. The van der Waals surface area contributed by atoms with Gasteiger partial charge >= 0.3 is 0 Å². The number of benzene rings is 2. The van der Waals surface area contributed by atoms with Crippen molar-refractivity contribution >= 4 is 23.1 Å². The van der Waals surface area contributed by atoms with E-state index in [0.717, 1.165) is 5.69 Å². The molecule has 3 aromatic rings. The summed E-state index contributed by atoms with van der Waals surface area (Å²) in [4.78, 5) is 16.8. The van der Waals surface area contributed by atoms with Crippen LogP contribution >= 0.6 is 0 Å². The average Bonchev–Trinajstić information content (AvgIpc) is 3.13. The molecule has 4 rings (SSSR count). The van der Waals surface area contributed by atoms with Gasteiger partial charge in [0, 0.05) is 23.6 Å². The van der Waals surface area contributed by atoms with Gasteiger partial charge in [0.25, 0.3) is 5.91 Å². The van der Waals surface area contributed by atoms with E-state index in [9.17, 15) is 4.79 Å². The molecule has 0 atom stereocenters. The lowest BCUT2D eigenvalue weighted by atomic mass is 10.1. The lowest BCUT2D eigenvalue weighted by Crippen LogP contribution is -2.12. The Morgan fingerprint density at radius 2 is 1.74 bits per heavy atom. The maximum Gasteiger partial charge on any atom is 0.257 e. The van der Waals surface area contributed by atoms with Gasteiger partial charge in [-0.05, 0) is 61.4 Å². The van der Waals surface area contributed by atoms with Crippen molar-refractivity contribution in [1.82, 2.24) is 4.98 Å². The van der Waals surface area contributed by atoms with Crippen LogP contribution in [0.15, 0.2) is 54.7 Å². The van der Waals surface area contributed by atoms with Gasteiger partial charge in [0.2, 0.25) is 6.79 Å². The van der Waals surface area contributed by atoms with E-state index in [1.165, 1.54) is 11.1 Å². The molecule has 0 spiro atoms. The number of rotatable bonds is 4. The molecule has 1 aromatic heterocycles. The minimum Gasteiger partial charge on any atom is -0.454 e. The van der Waals surface area contributed by atoms with Crippen molar-refractivity contribution in [3.8, 4) is 11.5 Å². The second-order valence-electron chi connectivity index (χ2n) is 6.38. The van der Waals surface area contributed by atoms with E-state index < -0.39 is 0 Å². The molecule has 0 aliphatic carbocycles. The first-order valence-electron chi connectivity index (χ1n) is 8.60. The zero-order valence-corrected chi connectivity index (χ0v) is 15.1. The number of fused-ring (bicyclic) bond motifs is 1. The number of ether oxygens (including phenoxy) is 2. The fourth-order valence-corrected chi connectivity index (χ4v) is 2.75. The largest absolute Gasteiger partial charge is 0.454 e. The molecule has 6 heteroatoms. The Balaban J connectivity index is 1.43. The first-order chi connectivity index (χ1) is 13.1. The molecule has 6 nitrogen and oxygen atoms in total. The van der Waals surface area contributed by atoms with Crippen molar-refractivity contribution < 1.29 is 14.3 Å². The molecule has 0 fully saturated rings. The number of hydrogen-bond acceptors (Lipinski definition) is 5. The SMILES string of the molecule is Cc1ccc(Nc2ccc(C(=O)Nc3ccc4c(c3)OCO4)cn2)cc1C. The van der Waals surface area contributed by atoms with Crippen LogP contribution in [0.2, 0.25) is 0 Å². The molecule has 1 aliphatic heterocycles. The predicted molar refractivity (Wildman–Crippen MR) is 104 cm³/mol. The summed E-state index contributed by atoms with van der Waals surface area (Å²) in [5.74, 6) is 1.74. The Bertz CT molecular complexity index is 1000. The highest BCUT2D eigenvalue weighted by molar-refractivity contribution is 6.04. The van der Waals surface area contributed by atoms with Gasteiger partial charge in [-0.2, -0.15) is 0 Å². The second kappa shape index (κ2) is 6.99. The fraction of sp³-hybridized carbons (Fsp3) is 0.143. The maximum atomic E-state index is 12.4. The number of amides is 1. The van der Waals surface area contributed by atoms with Crippen molar-refractivity contribution in [1.29, 1.82) is 0 Å². The van der Waals surface area contributed by atoms with Crippen LogP contribution in [0.25, 0.3) is 0 Å². The molecule has 136 valence electrons. The van der Waals surface area contributed by atoms with E-state index in [1.807, 2.05) is 6.07 Å². The van der Waals surface area contributed by atoms with E-state index in [0.29, 0.717) is 28.6 Å². The molecule has 1 amide bonds. The predicted octanol–water partition coefficient (Wildman–Crippen LogP) is 4.42. The number of aryl methyl sites for hydroxylation is 2. The van der Waals surface area contributed by atoms with Crippen molar-refractivity contribution in [2.45, 2.75) is 13.8 Å². The average molecular weight is 361 g/mol. The summed E-state index contributed by atoms with van der Waals surface area (Å²) in [5.41, 5.74) is 4.52. The van der Waals surface area contributed by atoms with E-state index in [2.05, 4.69) is 41.6 Å². The summed E-state index contributed by atoms with van der Waals surface area (Å²) in [6.45, 7) is 4.34. The molecule has 1 aliphatic rings. The van der Waals surface area contributed by atoms with Crippen molar-refractivity contribution in [3.05, 3.63) is 71.4 Å². The smallest absolute Gasteiger partial charge is 0.257 e. The quantitative estimate of drug-likeness (QED) is 0.719. The maximum absolute atomic E-state index is 12.4. The molecule has 2 N–H and O–H groups in total. The summed E-state index contributed by atoms with van der Waals surface area (Å²) in [7, 11) is 0. The van der Waals surface area contributed by atoms with Crippen molar-refractivity contribution in [2.24, 2.45) is 0 Å². The number of anilines is 3. The Labute approximate surface area is 157 Å². The van der Waals surface area contributed by atoms with Gasteiger partial charge in [-0.3, -0.25) is 4.79 Å². The number of nitrogens with zero attached hydrogens (tertiary/aromatic N) is 1. The lowest BCUT2D eigenvalue weighted by Gasteiger charge is -2.09. The molecular formula is C21H19N3O3. The summed E-state index contributed by atoms with van der Waals surface area (Å²) in [6.07, 6.45) is 1.55. The van der Waals surface area contributed by atoms with Gasteiger partial charge in [-0.15, -0.1) is 0 Å². The van der Waals surface area contributed by atoms with E-state index in [4.69, 9.17) is 9.47 Å². The summed E-state index contributed by atoms with van der Waals surface area (Å²) in [5, 5.41) is 6.08. The second-order valence-corrected chi connectivity index (χ2v) is 6.38. The monoisotopic (exact) mass is 361 g/mol. The van der Waals surface area contributed by atoms with E-state index in [1.54, 1.807) is 36.5 Å². The molecule has 0 saturated heterocycles. The van der Waals surface area contributed by atoms with E-state index >= 15 is 0 Å². The highest BCUT2D eigenvalue weighted by Crippen LogP contribution is 2.34. The van der Waals surface area contributed by atoms with Crippen LogP contribution in [0.4, 0.5) is 17.2 Å². The minimum absolute atomic E-state index is 0.200. The third kappa shape index (κ3) is 3.69. The Morgan fingerprint density at radius 1 is 0.926 bits per heavy atom. The molecule has 0 saturated carbocycles. The Hall–Kier alpha value is -3.54. The van der Waals surface area contributed by atoms with Crippen molar-refractivity contribution in [2.75, 3.05) is 17.4 Å². The Morgan fingerprint density at radius 3 is 2.52 bits per heavy atom. The van der Waals surface area contributed by atoms with Crippen LogP contribution in [0, 0.1) is 13.8 Å².